The first kappa shape index (κ1) is 19.3. The summed E-state index contributed by atoms with van der Waals surface area (Å²) in [6.07, 6.45) is -2.85. The fraction of sp³-hybridized carbons (Fsp3) is 0.562. The Kier molecular flexibility index (Phi) is 6.87. The molecule has 0 heterocycles. The van der Waals surface area contributed by atoms with E-state index in [-0.39, 0.29) is 18.2 Å². The highest BCUT2D eigenvalue weighted by Crippen LogP contribution is 2.25. The van der Waals surface area contributed by atoms with Crippen LogP contribution >= 0.6 is 0 Å². The molecule has 0 atom stereocenters. The largest absolute Gasteiger partial charge is 0.573 e. The fourth-order valence-corrected chi connectivity index (χ4v) is 2.32. The molecule has 1 aromatic rings. The number of halogens is 3. The van der Waals surface area contributed by atoms with E-state index < -0.39 is 11.8 Å². The number of rotatable bonds is 8. The normalized spacial score (nSPS) is 12.1. The lowest BCUT2D eigenvalue weighted by Crippen LogP contribution is -2.45. The molecule has 1 aromatic carbocycles. The molecule has 0 aromatic heterocycles. The first-order valence-electron chi connectivity index (χ1n) is 7.59. The zero-order valence-corrected chi connectivity index (χ0v) is 13.4. The van der Waals surface area contributed by atoms with Gasteiger partial charge in [-0.25, -0.2) is 0 Å². The maximum atomic E-state index is 12.2. The summed E-state index contributed by atoms with van der Waals surface area (Å²) in [5.74, 6) is -0.341. The average molecular weight is 332 g/mol. The van der Waals surface area contributed by atoms with Crippen molar-refractivity contribution < 1.29 is 22.7 Å². The van der Waals surface area contributed by atoms with Crippen LogP contribution in [-0.4, -0.2) is 25.4 Å². The number of ether oxygens (including phenoxy) is 1. The number of carbonyl (C=O) groups is 1. The van der Waals surface area contributed by atoms with E-state index >= 15 is 0 Å². The third kappa shape index (κ3) is 5.74. The summed E-state index contributed by atoms with van der Waals surface area (Å²) in [7, 11) is 0. The predicted molar refractivity (Wildman–Crippen MR) is 81.9 cm³/mol. The lowest BCUT2D eigenvalue weighted by molar-refractivity contribution is -0.274. The first-order valence-corrected chi connectivity index (χ1v) is 7.59. The zero-order valence-electron chi connectivity index (χ0n) is 13.4. The third-order valence-corrected chi connectivity index (χ3v) is 4.08. The van der Waals surface area contributed by atoms with Gasteiger partial charge in [0, 0.05) is 13.1 Å². The summed E-state index contributed by atoms with van der Waals surface area (Å²) < 4.78 is 40.0. The van der Waals surface area contributed by atoms with Crippen molar-refractivity contribution in [2.45, 2.75) is 39.5 Å². The number of benzene rings is 1. The molecule has 0 aliphatic rings. The van der Waals surface area contributed by atoms with Gasteiger partial charge >= 0.3 is 6.36 Å². The maximum Gasteiger partial charge on any atom is 0.573 e. The molecule has 7 heteroatoms. The molecule has 0 saturated carbocycles. The third-order valence-electron chi connectivity index (χ3n) is 4.08. The smallest absolute Gasteiger partial charge is 0.406 e. The molecule has 1 rings (SSSR count). The van der Waals surface area contributed by atoms with Crippen molar-refractivity contribution in [3.63, 3.8) is 0 Å². The second-order valence-electron chi connectivity index (χ2n) is 5.39. The molecule has 0 radical (unpaired) electrons. The van der Waals surface area contributed by atoms with Crippen molar-refractivity contribution in [1.29, 1.82) is 0 Å². The van der Waals surface area contributed by atoms with Crippen LogP contribution in [0, 0.1) is 5.41 Å². The van der Waals surface area contributed by atoms with Crippen LogP contribution in [0.15, 0.2) is 24.3 Å². The minimum Gasteiger partial charge on any atom is -0.406 e. The number of carbonyl (C=O) groups excluding carboxylic acids is 1. The lowest BCUT2D eigenvalue weighted by Gasteiger charge is -2.28. The summed E-state index contributed by atoms with van der Waals surface area (Å²) in [6.45, 7) is 4.54. The first-order chi connectivity index (χ1) is 10.8. The quantitative estimate of drug-likeness (QED) is 0.769. The Bertz CT molecular complexity index is 489. The molecule has 0 saturated heterocycles. The molecule has 23 heavy (non-hydrogen) atoms. The second kappa shape index (κ2) is 8.19. The number of hydrogen-bond acceptors (Lipinski definition) is 3. The van der Waals surface area contributed by atoms with Gasteiger partial charge < -0.3 is 15.8 Å². The van der Waals surface area contributed by atoms with Crippen LogP contribution in [0.5, 0.6) is 5.75 Å². The van der Waals surface area contributed by atoms with Crippen LogP contribution in [0.2, 0.25) is 0 Å². The Morgan fingerprint density at radius 3 is 2.17 bits per heavy atom. The molecule has 1 amide bonds. The van der Waals surface area contributed by atoms with Gasteiger partial charge in [-0.3, -0.25) is 4.79 Å². The minimum atomic E-state index is -4.69. The van der Waals surface area contributed by atoms with Crippen molar-refractivity contribution in [2.24, 2.45) is 11.1 Å². The number of amides is 1. The van der Waals surface area contributed by atoms with E-state index in [0.717, 1.165) is 5.56 Å². The van der Waals surface area contributed by atoms with Crippen molar-refractivity contribution in [2.75, 3.05) is 13.1 Å². The maximum absolute atomic E-state index is 12.2. The highest BCUT2D eigenvalue weighted by Gasteiger charge is 2.33. The topological polar surface area (TPSA) is 64.4 Å². The SMILES string of the molecule is CCC(CC)(CN)C(=O)NCCc1ccc(OC(F)(F)F)cc1. The summed E-state index contributed by atoms with van der Waals surface area (Å²) >= 11 is 0. The molecular weight excluding hydrogens is 309 g/mol. The number of nitrogens with two attached hydrogens (primary N) is 1. The van der Waals surface area contributed by atoms with Crippen LogP contribution in [0.4, 0.5) is 13.2 Å². The average Bonchev–Trinajstić information content (AvgIpc) is 2.50. The Hall–Kier alpha value is -1.76. The van der Waals surface area contributed by atoms with E-state index in [4.69, 9.17) is 5.73 Å². The van der Waals surface area contributed by atoms with Gasteiger partial charge in [-0.1, -0.05) is 26.0 Å². The molecule has 0 fully saturated rings. The van der Waals surface area contributed by atoms with Crippen LogP contribution in [-0.2, 0) is 11.2 Å². The molecule has 3 N–H and O–H groups in total. The van der Waals surface area contributed by atoms with E-state index in [2.05, 4.69) is 10.1 Å². The van der Waals surface area contributed by atoms with Crippen molar-refractivity contribution in [3.8, 4) is 5.75 Å². The molecule has 0 bridgehead atoms. The van der Waals surface area contributed by atoms with Gasteiger partial charge in [0.25, 0.3) is 0 Å². The van der Waals surface area contributed by atoms with Gasteiger partial charge in [0.15, 0.2) is 0 Å². The number of hydrogen-bond donors (Lipinski definition) is 2. The summed E-state index contributed by atoms with van der Waals surface area (Å²) in [4.78, 5) is 12.2. The highest BCUT2D eigenvalue weighted by molar-refractivity contribution is 5.82. The van der Waals surface area contributed by atoms with E-state index in [0.29, 0.717) is 25.8 Å². The minimum absolute atomic E-state index is 0.0815. The van der Waals surface area contributed by atoms with Gasteiger partial charge in [0.05, 0.1) is 5.41 Å². The Morgan fingerprint density at radius 2 is 1.74 bits per heavy atom. The monoisotopic (exact) mass is 332 g/mol. The van der Waals surface area contributed by atoms with E-state index in [1.807, 2.05) is 13.8 Å². The van der Waals surface area contributed by atoms with Crippen molar-refractivity contribution in [3.05, 3.63) is 29.8 Å². The zero-order chi connectivity index (χ0) is 17.5. The molecule has 0 spiro atoms. The highest BCUT2D eigenvalue weighted by atomic mass is 19.4. The number of alkyl halides is 3. The van der Waals surface area contributed by atoms with Crippen molar-refractivity contribution in [1.82, 2.24) is 5.32 Å². The standard InChI is InChI=1S/C16H23F3N2O2/c1-3-15(4-2,11-20)14(22)21-10-9-12-5-7-13(8-6-12)23-16(17,18)19/h5-8H,3-4,9-11,20H2,1-2H3,(H,21,22). The van der Waals surface area contributed by atoms with Crippen LogP contribution in [0.25, 0.3) is 0 Å². The second-order valence-corrected chi connectivity index (χ2v) is 5.39. The molecule has 130 valence electrons. The summed E-state index contributed by atoms with van der Waals surface area (Å²) in [6, 6.07) is 5.60. The number of nitrogens with one attached hydrogen (secondary N) is 1. The molecule has 4 nitrogen and oxygen atoms in total. The van der Waals surface area contributed by atoms with Crippen molar-refractivity contribution >= 4 is 5.91 Å². The van der Waals surface area contributed by atoms with Gasteiger partial charge in [-0.2, -0.15) is 0 Å². The molecular formula is C16H23F3N2O2. The lowest BCUT2D eigenvalue weighted by atomic mass is 9.81. The van der Waals surface area contributed by atoms with Gasteiger partial charge in [0.1, 0.15) is 5.75 Å². The van der Waals surface area contributed by atoms with Crippen LogP contribution < -0.4 is 15.8 Å². The summed E-state index contributed by atoms with van der Waals surface area (Å²) in [5.41, 5.74) is 5.97. The Labute approximate surface area is 134 Å². The van der Waals surface area contributed by atoms with Gasteiger partial charge in [0.2, 0.25) is 5.91 Å². The van der Waals surface area contributed by atoms with E-state index in [1.54, 1.807) is 12.1 Å². The predicted octanol–water partition coefficient (Wildman–Crippen LogP) is 3.01. The molecule has 0 unspecified atom stereocenters. The van der Waals surface area contributed by atoms with E-state index in [9.17, 15) is 18.0 Å². The molecule has 0 aliphatic carbocycles. The van der Waals surface area contributed by atoms with Gasteiger partial charge in [-0.05, 0) is 37.0 Å². The summed E-state index contributed by atoms with van der Waals surface area (Å²) in [5, 5.41) is 2.85. The van der Waals surface area contributed by atoms with Crippen LogP contribution in [0.1, 0.15) is 32.3 Å². The van der Waals surface area contributed by atoms with Crippen LogP contribution in [0.3, 0.4) is 0 Å². The fourth-order valence-electron chi connectivity index (χ4n) is 2.32. The molecule has 0 aliphatic heterocycles. The Morgan fingerprint density at radius 1 is 1.17 bits per heavy atom. The Balaban J connectivity index is 2.51. The van der Waals surface area contributed by atoms with E-state index in [1.165, 1.54) is 12.1 Å². The van der Waals surface area contributed by atoms with Gasteiger partial charge in [-0.15, -0.1) is 13.2 Å².